The molecule has 1 aromatic carbocycles. The second kappa shape index (κ2) is 5.28. The molecule has 0 aliphatic heterocycles. The molecular weight excluding hydrogens is 232 g/mol. The number of nitrogens with zero attached hydrogens (tertiary/aromatic N) is 1. The smallest absolute Gasteiger partial charge is 0.0410 e. The standard InChI is InChI=1S/C14H21ClN2/c1-10-9-11(15)3-8-14(10)17(2)13-6-4-12(16)5-7-13/h3,8-9,12-13H,4-7,16H2,1-2H3. The molecule has 0 aromatic heterocycles. The number of hydrogen-bond donors (Lipinski definition) is 1. The van der Waals surface area contributed by atoms with E-state index in [1.165, 1.54) is 24.1 Å². The average molecular weight is 253 g/mol. The maximum Gasteiger partial charge on any atom is 0.0410 e. The fourth-order valence-electron chi connectivity index (χ4n) is 2.70. The van der Waals surface area contributed by atoms with Crippen molar-refractivity contribution in [1.29, 1.82) is 0 Å². The van der Waals surface area contributed by atoms with Gasteiger partial charge in [0.05, 0.1) is 0 Å². The highest BCUT2D eigenvalue weighted by atomic mass is 35.5. The van der Waals surface area contributed by atoms with Gasteiger partial charge in [-0.2, -0.15) is 0 Å². The molecule has 0 bridgehead atoms. The van der Waals surface area contributed by atoms with E-state index in [0.717, 1.165) is 17.9 Å². The molecule has 1 aliphatic carbocycles. The molecule has 1 aliphatic rings. The summed E-state index contributed by atoms with van der Waals surface area (Å²) in [5, 5.41) is 0.810. The molecule has 0 radical (unpaired) electrons. The summed E-state index contributed by atoms with van der Waals surface area (Å²) in [4.78, 5) is 2.39. The van der Waals surface area contributed by atoms with Gasteiger partial charge in [-0.25, -0.2) is 0 Å². The van der Waals surface area contributed by atoms with Gasteiger partial charge in [0.25, 0.3) is 0 Å². The van der Waals surface area contributed by atoms with Crippen molar-refractivity contribution in [3.05, 3.63) is 28.8 Å². The Morgan fingerprint density at radius 1 is 1.24 bits per heavy atom. The second-order valence-corrected chi connectivity index (χ2v) is 5.55. The second-order valence-electron chi connectivity index (χ2n) is 5.11. The number of benzene rings is 1. The van der Waals surface area contributed by atoms with Crippen molar-refractivity contribution >= 4 is 17.3 Å². The molecule has 3 heteroatoms. The molecule has 0 spiro atoms. The van der Waals surface area contributed by atoms with E-state index in [9.17, 15) is 0 Å². The van der Waals surface area contributed by atoms with Gasteiger partial charge >= 0.3 is 0 Å². The first-order valence-electron chi connectivity index (χ1n) is 6.32. The highest BCUT2D eigenvalue weighted by molar-refractivity contribution is 6.30. The van der Waals surface area contributed by atoms with Crippen molar-refractivity contribution in [2.75, 3.05) is 11.9 Å². The van der Waals surface area contributed by atoms with E-state index in [2.05, 4.69) is 24.9 Å². The maximum absolute atomic E-state index is 5.99. The van der Waals surface area contributed by atoms with Crippen LogP contribution in [0.3, 0.4) is 0 Å². The van der Waals surface area contributed by atoms with E-state index in [4.69, 9.17) is 17.3 Å². The lowest BCUT2D eigenvalue weighted by atomic mass is 9.90. The monoisotopic (exact) mass is 252 g/mol. The molecule has 2 rings (SSSR count). The number of halogens is 1. The number of aryl methyl sites for hydroxylation is 1. The Labute approximate surface area is 109 Å². The van der Waals surface area contributed by atoms with Crippen molar-refractivity contribution in [3.63, 3.8) is 0 Å². The minimum Gasteiger partial charge on any atom is -0.371 e. The minimum atomic E-state index is 0.408. The molecule has 1 saturated carbocycles. The number of rotatable bonds is 2. The summed E-state index contributed by atoms with van der Waals surface area (Å²) in [5.74, 6) is 0. The van der Waals surface area contributed by atoms with Crippen LogP contribution < -0.4 is 10.6 Å². The zero-order valence-electron chi connectivity index (χ0n) is 10.6. The highest BCUT2D eigenvalue weighted by Crippen LogP contribution is 2.29. The third-order valence-corrected chi connectivity index (χ3v) is 4.06. The van der Waals surface area contributed by atoms with E-state index in [-0.39, 0.29) is 0 Å². The summed E-state index contributed by atoms with van der Waals surface area (Å²) < 4.78 is 0. The Kier molecular flexibility index (Phi) is 3.95. The van der Waals surface area contributed by atoms with Crippen molar-refractivity contribution in [2.24, 2.45) is 5.73 Å². The molecule has 94 valence electrons. The van der Waals surface area contributed by atoms with Gasteiger partial charge in [0, 0.05) is 29.8 Å². The van der Waals surface area contributed by atoms with E-state index in [1.807, 2.05) is 12.1 Å². The quantitative estimate of drug-likeness (QED) is 0.875. The van der Waals surface area contributed by atoms with Crippen molar-refractivity contribution in [2.45, 2.75) is 44.7 Å². The lowest BCUT2D eigenvalue weighted by Crippen LogP contribution is -2.39. The van der Waals surface area contributed by atoms with Gasteiger partial charge in [-0.1, -0.05) is 11.6 Å². The van der Waals surface area contributed by atoms with Gasteiger partial charge in [-0.3, -0.25) is 0 Å². The summed E-state index contributed by atoms with van der Waals surface area (Å²) in [7, 11) is 2.18. The van der Waals surface area contributed by atoms with E-state index < -0.39 is 0 Å². The molecule has 1 fully saturated rings. The van der Waals surface area contributed by atoms with Crippen LogP contribution in [0, 0.1) is 6.92 Å². The van der Waals surface area contributed by atoms with Crippen LogP contribution in [0.4, 0.5) is 5.69 Å². The van der Waals surface area contributed by atoms with Crippen molar-refractivity contribution in [3.8, 4) is 0 Å². The molecule has 17 heavy (non-hydrogen) atoms. The Hall–Kier alpha value is -0.730. The van der Waals surface area contributed by atoms with Crippen LogP contribution in [-0.4, -0.2) is 19.1 Å². The molecule has 0 amide bonds. The highest BCUT2D eigenvalue weighted by Gasteiger charge is 2.22. The third kappa shape index (κ3) is 2.93. The Balaban J connectivity index is 2.11. The van der Waals surface area contributed by atoms with Crippen LogP contribution in [0.5, 0.6) is 0 Å². The molecular formula is C14H21ClN2. The van der Waals surface area contributed by atoms with Crippen LogP contribution in [-0.2, 0) is 0 Å². The van der Waals surface area contributed by atoms with Gasteiger partial charge in [0.2, 0.25) is 0 Å². The van der Waals surface area contributed by atoms with Crippen molar-refractivity contribution < 1.29 is 0 Å². The van der Waals surface area contributed by atoms with Gasteiger partial charge in [0.15, 0.2) is 0 Å². The van der Waals surface area contributed by atoms with E-state index in [1.54, 1.807) is 0 Å². The number of anilines is 1. The van der Waals surface area contributed by atoms with Gasteiger partial charge < -0.3 is 10.6 Å². The van der Waals surface area contributed by atoms with Crippen LogP contribution >= 0.6 is 11.6 Å². The summed E-state index contributed by atoms with van der Waals surface area (Å²) in [6.45, 7) is 2.12. The zero-order chi connectivity index (χ0) is 12.4. The Morgan fingerprint density at radius 2 is 1.88 bits per heavy atom. The summed E-state index contributed by atoms with van der Waals surface area (Å²) in [6, 6.07) is 7.14. The number of hydrogen-bond acceptors (Lipinski definition) is 2. The molecule has 0 heterocycles. The first-order valence-corrected chi connectivity index (χ1v) is 6.70. The molecule has 0 saturated heterocycles. The van der Waals surface area contributed by atoms with Crippen LogP contribution in [0.15, 0.2) is 18.2 Å². The van der Waals surface area contributed by atoms with Gasteiger partial charge in [-0.05, 0) is 56.4 Å². The first-order chi connectivity index (χ1) is 8.08. The lowest BCUT2D eigenvalue weighted by molar-refractivity contribution is 0.385. The predicted octanol–water partition coefficient (Wildman–Crippen LogP) is 3.35. The van der Waals surface area contributed by atoms with Gasteiger partial charge in [0.1, 0.15) is 0 Å². The van der Waals surface area contributed by atoms with Crippen LogP contribution in [0.25, 0.3) is 0 Å². The summed E-state index contributed by atoms with van der Waals surface area (Å²) >= 11 is 5.99. The maximum atomic E-state index is 5.99. The fraction of sp³-hybridized carbons (Fsp3) is 0.571. The van der Waals surface area contributed by atoms with E-state index >= 15 is 0 Å². The van der Waals surface area contributed by atoms with Crippen molar-refractivity contribution in [1.82, 2.24) is 0 Å². The third-order valence-electron chi connectivity index (χ3n) is 3.83. The molecule has 2 nitrogen and oxygen atoms in total. The molecule has 2 N–H and O–H groups in total. The molecule has 0 atom stereocenters. The zero-order valence-corrected chi connectivity index (χ0v) is 11.4. The van der Waals surface area contributed by atoms with Crippen LogP contribution in [0.2, 0.25) is 5.02 Å². The lowest BCUT2D eigenvalue weighted by Gasteiger charge is -2.35. The predicted molar refractivity (Wildman–Crippen MR) is 74.8 cm³/mol. The first kappa shape index (κ1) is 12.7. The SMILES string of the molecule is Cc1cc(Cl)ccc1N(C)C1CCC(N)CC1. The molecule has 1 aromatic rings. The molecule has 0 unspecified atom stereocenters. The topological polar surface area (TPSA) is 29.3 Å². The largest absolute Gasteiger partial charge is 0.371 e. The fourth-order valence-corrected chi connectivity index (χ4v) is 2.93. The minimum absolute atomic E-state index is 0.408. The summed E-state index contributed by atoms with van der Waals surface area (Å²) in [6.07, 6.45) is 4.67. The average Bonchev–Trinajstić information content (AvgIpc) is 2.29. The number of nitrogens with two attached hydrogens (primary N) is 1. The van der Waals surface area contributed by atoms with Gasteiger partial charge in [-0.15, -0.1) is 0 Å². The normalized spacial score (nSPS) is 24.7. The van der Waals surface area contributed by atoms with E-state index in [0.29, 0.717) is 12.1 Å². The van der Waals surface area contributed by atoms with Crippen LogP contribution in [0.1, 0.15) is 31.2 Å². The Morgan fingerprint density at radius 3 is 2.47 bits per heavy atom. The summed E-state index contributed by atoms with van der Waals surface area (Å²) in [5.41, 5.74) is 8.48. The Bertz CT molecular complexity index is 384.